The third kappa shape index (κ3) is 3.83. The molecule has 3 atom stereocenters. The fraction of sp³-hybridized carbons (Fsp3) is 0.529. The maximum absolute atomic E-state index is 12.4. The third-order valence-corrected chi connectivity index (χ3v) is 4.13. The van der Waals surface area contributed by atoms with Crippen molar-refractivity contribution in [2.75, 3.05) is 18.4 Å². The van der Waals surface area contributed by atoms with E-state index in [0.717, 1.165) is 13.1 Å². The Labute approximate surface area is 126 Å². The number of hydrogen-bond donors (Lipinski definition) is 1. The summed E-state index contributed by atoms with van der Waals surface area (Å²) in [6.45, 7) is 8.32. The molecule has 1 aromatic carbocycles. The molecule has 1 amide bonds. The molecule has 2 rings (SSSR count). The van der Waals surface area contributed by atoms with Gasteiger partial charge in [0.2, 0.25) is 5.91 Å². The Hall–Kier alpha value is -1.86. The van der Waals surface area contributed by atoms with E-state index < -0.39 is 0 Å². The van der Waals surface area contributed by atoms with Crippen molar-refractivity contribution in [3.8, 4) is 6.07 Å². The number of rotatable bonds is 3. The van der Waals surface area contributed by atoms with Gasteiger partial charge in [-0.1, -0.05) is 26.0 Å². The zero-order valence-electron chi connectivity index (χ0n) is 13.0. The lowest BCUT2D eigenvalue weighted by Gasteiger charge is -2.38. The van der Waals surface area contributed by atoms with Crippen LogP contribution in [0, 0.1) is 23.2 Å². The molecule has 0 unspecified atom stereocenters. The number of piperidine rings is 1. The van der Waals surface area contributed by atoms with Crippen LogP contribution in [0.3, 0.4) is 0 Å². The quantitative estimate of drug-likeness (QED) is 0.929. The average Bonchev–Trinajstić information content (AvgIpc) is 2.46. The molecule has 21 heavy (non-hydrogen) atoms. The molecule has 0 aromatic heterocycles. The Morgan fingerprint density at radius 1 is 1.33 bits per heavy atom. The van der Waals surface area contributed by atoms with Crippen LogP contribution in [0.1, 0.15) is 32.8 Å². The molecule has 1 heterocycles. The number of carbonyl (C=O) groups is 1. The highest BCUT2D eigenvalue weighted by Crippen LogP contribution is 2.23. The van der Waals surface area contributed by atoms with Crippen molar-refractivity contribution < 1.29 is 4.79 Å². The first kappa shape index (κ1) is 15.5. The van der Waals surface area contributed by atoms with Crippen LogP contribution >= 0.6 is 0 Å². The highest BCUT2D eigenvalue weighted by Gasteiger charge is 2.28. The molecule has 0 spiro atoms. The molecule has 0 saturated carbocycles. The van der Waals surface area contributed by atoms with E-state index in [1.807, 2.05) is 13.0 Å². The van der Waals surface area contributed by atoms with E-state index >= 15 is 0 Å². The molecule has 1 aromatic rings. The van der Waals surface area contributed by atoms with Crippen LogP contribution in [-0.4, -0.2) is 29.9 Å². The predicted molar refractivity (Wildman–Crippen MR) is 83.8 cm³/mol. The van der Waals surface area contributed by atoms with Crippen molar-refractivity contribution >= 4 is 11.6 Å². The SMILES string of the molecule is C[C@@H]1C[C@@H](C)CN([C@H](C)C(=O)Nc2ccccc2C#N)C1. The molecule has 1 fully saturated rings. The van der Waals surface area contributed by atoms with Crippen LogP contribution in [0.25, 0.3) is 0 Å². The van der Waals surface area contributed by atoms with Gasteiger partial charge in [0.25, 0.3) is 0 Å². The smallest absolute Gasteiger partial charge is 0.241 e. The van der Waals surface area contributed by atoms with Crippen molar-refractivity contribution in [2.45, 2.75) is 33.2 Å². The largest absolute Gasteiger partial charge is 0.324 e. The van der Waals surface area contributed by atoms with E-state index in [4.69, 9.17) is 5.26 Å². The molecule has 1 aliphatic rings. The number of nitrogens with zero attached hydrogens (tertiary/aromatic N) is 2. The molecule has 0 radical (unpaired) electrons. The molecule has 4 heteroatoms. The first-order chi connectivity index (χ1) is 10.0. The highest BCUT2D eigenvalue weighted by molar-refractivity contribution is 5.95. The summed E-state index contributed by atoms with van der Waals surface area (Å²) >= 11 is 0. The Morgan fingerprint density at radius 3 is 2.57 bits per heavy atom. The Bertz CT molecular complexity index is 539. The van der Waals surface area contributed by atoms with Gasteiger partial charge in [-0.25, -0.2) is 0 Å². The van der Waals surface area contributed by atoms with Gasteiger partial charge in [-0.15, -0.1) is 0 Å². The maximum Gasteiger partial charge on any atom is 0.241 e. The minimum atomic E-state index is -0.179. The van der Waals surface area contributed by atoms with Crippen molar-refractivity contribution in [2.24, 2.45) is 11.8 Å². The van der Waals surface area contributed by atoms with E-state index in [0.29, 0.717) is 23.1 Å². The van der Waals surface area contributed by atoms with E-state index in [1.165, 1.54) is 6.42 Å². The summed E-state index contributed by atoms with van der Waals surface area (Å²) in [7, 11) is 0. The fourth-order valence-corrected chi connectivity index (χ4v) is 3.12. The second-order valence-corrected chi connectivity index (χ2v) is 6.22. The standard InChI is InChI=1S/C17H23N3O/c1-12-8-13(2)11-20(10-12)14(3)17(21)19-16-7-5-4-6-15(16)9-18/h4-7,12-14H,8,10-11H2,1-3H3,(H,19,21)/t12-,13-,14-/m1/s1. The summed E-state index contributed by atoms with van der Waals surface area (Å²) in [6, 6.07) is 9.03. The molecule has 1 aliphatic heterocycles. The lowest BCUT2D eigenvalue weighted by molar-refractivity contribution is -0.121. The predicted octanol–water partition coefficient (Wildman–Crippen LogP) is 2.86. The van der Waals surface area contributed by atoms with E-state index in [1.54, 1.807) is 18.2 Å². The van der Waals surface area contributed by atoms with Crippen molar-refractivity contribution in [1.82, 2.24) is 4.90 Å². The van der Waals surface area contributed by atoms with Crippen molar-refractivity contribution in [3.63, 3.8) is 0 Å². The van der Waals surface area contributed by atoms with Crippen LogP contribution in [0.15, 0.2) is 24.3 Å². The Morgan fingerprint density at radius 2 is 1.95 bits per heavy atom. The monoisotopic (exact) mass is 285 g/mol. The van der Waals surface area contributed by atoms with Crippen molar-refractivity contribution in [3.05, 3.63) is 29.8 Å². The van der Waals surface area contributed by atoms with E-state index in [9.17, 15) is 4.79 Å². The summed E-state index contributed by atoms with van der Waals surface area (Å²) in [5.41, 5.74) is 1.09. The minimum absolute atomic E-state index is 0.0426. The van der Waals surface area contributed by atoms with Gasteiger partial charge >= 0.3 is 0 Å². The van der Waals surface area contributed by atoms with Gasteiger partial charge in [-0.3, -0.25) is 9.69 Å². The number of hydrogen-bond acceptors (Lipinski definition) is 3. The van der Waals surface area contributed by atoms with Gasteiger partial charge in [0.05, 0.1) is 17.3 Å². The summed E-state index contributed by atoms with van der Waals surface area (Å²) in [5.74, 6) is 1.20. The zero-order chi connectivity index (χ0) is 15.4. The van der Waals surface area contributed by atoms with Gasteiger partial charge < -0.3 is 5.32 Å². The molecule has 1 saturated heterocycles. The Kier molecular flexibility index (Phi) is 4.98. The number of anilines is 1. The zero-order valence-corrected chi connectivity index (χ0v) is 13.0. The van der Waals surface area contributed by atoms with Gasteiger partial charge in [0.1, 0.15) is 6.07 Å². The summed E-state index contributed by atoms with van der Waals surface area (Å²) in [4.78, 5) is 14.7. The van der Waals surface area contributed by atoms with Gasteiger partial charge in [-0.2, -0.15) is 5.26 Å². The molecule has 1 N–H and O–H groups in total. The highest BCUT2D eigenvalue weighted by atomic mass is 16.2. The van der Waals surface area contributed by atoms with Crippen molar-refractivity contribution in [1.29, 1.82) is 5.26 Å². The van der Waals surface area contributed by atoms with Crippen LogP contribution in [0.2, 0.25) is 0 Å². The Balaban J connectivity index is 2.04. The molecular weight excluding hydrogens is 262 g/mol. The van der Waals surface area contributed by atoms with E-state index in [2.05, 4.69) is 30.1 Å². The number of carbonyl (C=O) groups excluding carboxylic acids is 1. The van der Waals surface area contributed by atoms with Crippen LogP contribution in [-0.2, 0) is 4.79 Å². The lowest BCUT2D eigenvalue weighted by atomic mass is 9.91. The number of para-hydroxylation sites is 1. The topological polar surface area (TPSA) is 56.1 Å². The van der Waals surface area contributed by atoms with Crippen LogP contribution < -0.4 is 5.32 Å². The van der Waals surface area contributed by atoms with Gasteiger partial charge in [0, 0.05) is 13.1 Å². The summed E-state index contributed by atoms with van der Waals surface area (Å²) in [6.07, 6.45) is 1.22. The molecule has 112 valence electrons. The average molecular weight is 285 g/mol. The van der Waals surface area contributed by atoms with Gasteiger partial charge in [0.15, 0.2) is 0 Å². The summed E-state index contributed by atoms with van der Waals surface area (Å²) < 4.78 is 0. The normalized spacial score (nSPS) is 24.1. The summed E-state index contributed by atoms with van der Waals surface area (Å²) in [5, 5.41) is 12.0. The minimum Gasteiger partial charge on any atom is -0.324 e. The van der Waals surface area contributed by atoms with Crippen LogP contribution in [0.4, 0.5) is 5.69 Å². The number of benzene rings is 1. The lowest BCUT2D eigenvalue weighted by Crippen LogP contribution is -2.48. The molecular formula is C17H23N3O. The maximum atomic E-state index is 12.4. The second-order valence-electron chi connectivity index (χ2n) is 6.22. The number of likely N-dealkylation sites (tertiary alicyclic amines) is 1. The fourth-order valence-electron chi connectivity index (χ4n) is 3.12. The van der Waals surface area contributed by atoms with E-state index in [-0.39, 0.29) is 11.9 Å². The first-order valence-electron chi connectivity index (χ1n) is 7.55. The number of nitriles is 1. The first-order valence-corrected chi connectivity index (χ1v) is 7.55. The molecule has 0 bridgehead atoms. The number of amides is 1. The number of nitrogens with one attached hydrogen (secondary N) is 1. The molecule has 4 nitrogen and oxygen atoms in total. The van der Waals surface area contributed by atoms with Gasteiger partial charge in [-0.05, 0) is 37.3 Å². The third-order valence-electron chi connectivity index (χ3n) is 4.13. The van der Waals surface area contributed by atoms with Crippen LogP contribution in [0.5, 0.6) is 0 Å². The molecule has 0 aliphatic carbocycles. The second kappa shape index (κ2) is 6.73.